The molecule has 0 unspecified atom stereocenters. The maximum absolute atomic E-state index is 12.8. The Kier molecular flexibility index (Phi) is 5.14. The molecule has 0 aliphatic rings. The molecular formula is C15H18BrN3O2. The van der Waals surface area contributed by atoms with Gasteiger partial charge in [-0.1, -0.05) is 28.1 Å². The SMILES string of the molecule is COc1cnn(CCN(C)C)c1C(=O)c1ccccc1Br. The van der Waals surface area contributed by atoms with E-state index in [9.17, 15) is 4.79 Å². The van der Waals surface area contributed by atoms with Crippen molar-refractivity contribution in [1.29, 1.82) is 0 Å². The Morgan fingerprint density at radius 2 is 2.10 bits per heavy atom. The van der Waals surface area contributed by atoms with Crippen LogP contribution >= 0.6 is 15.9 Å². The Balaban J connectivity index is 2.39. The lowest BCUT2D eigenvalue weighted by Gasteiger charge is -2.12. The first-order valence-corrected chi connectivity index (χ1v) is 7.37. The van der Waals surface area contributed by atoms with Crippen LogP contribution in [-0.4, -0.2) is 48.2 Å². The van der Waals surface area contributed by atoms with Gasteiger partial charge in [-0.15, -0.1) is 0 Å². The Morgan fingerprint density at radius 1 is 1.38 bits per heavy atom. The molecule has 0 saturated carbocycles. The van der Waals surface area contributed by atoms with Crippen molar-refractivity contribution < 1.29 is 9.53 Å². The maximum Gasteiger partial charge on any atom is 0.215 e. The van der Waals surface area contributed by atoms with Crippen LogP contribution in [0.15, 0.2) is 34.9 Å². The first kappa shape index (κ1) is 15.7. The molecule has 0 saturated heterocycles. The van der Waals surface area contributed by atoms with Gasteiger partial charge in [0, 0.05) is 16.6 Å². The van der Waals surface area contributed by atoms with Gasteiger partial charge in [0.2, 0.25) is 5.78 Å². The van der Waals surface area contributed by atoms with E-state index in [-0.39, 0.29) is 5.78 Å². The monoisotopic (exact) mass is 351 g/mol. The minimum absolute atomic E-state index is 0.101. The molecule has 0 atom stereocenters. The second-order valence-corrected chi connectivity index (χ2v) is 5.75. The molecule has 2 rings (SSSR count). The molecule has 6 heteroatoms. The van der Waals surface area contributed by atoms with Gasteiger partial charge in [-0.2, -0.15) is 5.10 Å². The highest BCUT2D eigenvalue weighted by Crippen LogP contribution is 2.25. The van der Waals surface area contributed by atoms with Crippen LogP contribution < -0.4 is 4.74 Å². The first-order valence-electron chi connectivity index (χ1n) is 6.58. The summed E-state index contributed by atoms with van der Waals surface area (Å²) in [6.07, 6.45) is 1.58. The number of carbonyl (C=O) groups excluding carboxylic acids is 1. The Morgan fingerprint density at radius 3 is 2.71 bits per heavy atom. The van der Waals surface area contributed by atoms with E-state index in [2.05, 4.69) is 21.0 Å². The van der Waals surface area contributed by atoms with Crippen molar-refractivity contribution in [1.82, 2.24) is 14.7 Å². The molecule has 0 N–H and O–H groups in total. The molecule has 0 aliphatic heterocycles. The molecule has 0 spiro atoms. The van der Waals surface area contributed by atoms with Gasteiger partial charge >= 0.3 is 0 Å². The number of rotatable bonds is 6. The highest BCUT2D eigenvalue weighted by molar-refractivity contribution is 9.10. The van der Waals surface area contributed by atoms with Gasteiger partial charge in [-0.25, -0.2) is 0 Å². The molecule has 0 amide bonds. The van der Waals surface area contributed by atoms with E-state index in [1.54, 1.807) is 24.1 Å². The second-order valence-electron chi connectivity index (χ2n) is 4.90. The zero-order valence-corrected chi connectivity index (χ0v) is 13.9. The molecule has 0 fully saturated rings. The Labute approximate surface area is 132 Å². The Hall–Kier alpha value is -1.66. The van der Waals surface area contributed by atoms with Crippen LogP contribution in [0, 0.1) is 0 Å². The zero-order chi connectivity index (χ0) is 15.4. The summed E-state index contributed by atoms with van der Waals surface area (Å²) in [6.45, 7) is 1.42. The van der Waals surface area contributed by atoms with E-state index < -0.39 is 0 Å². The summed E-state index contributed by atoms with van der Waals surface area (Å²) in [6, 6.07) is 7.35. The average Bonchev–Trinajstić information content (AvgIpc) is 2.87. The van der Waals surface area contributed by atoms with Crippen LogP contribution in [0.5, 0.6) is 5.75 Å². The van der Waals surface area contributed by atoms with E-state index >= 15 is 0 Å². The summed E-state index contributed by atoms with van der Waals surface area (Å²) in [7, 11) is 5.51. The molecule has 1 aromatic heterocycles. The fourth-order valence-corrected chi connectivity index (χ4v) is 2.45. The van der Waals surface area contributed by atoms with Gasteiger partial charge in [0.25, 0.3) is 0 Å². The summed E-state index contributed by atoms with van der Waals surface area (Å²) in [5.74, 6) is 0.394. The van der Waals surface area contributed by atoms with Crippen LogP contribution in [0.1, 0.15) is 16.1 Å². The van der Waals surface area contributed by atoms with Crippen LogP contribution in [0.2, 0.25) is 0 Å². The predicted octanol–water partition coefficient (Wildman–Crippen LogP) is 2.45. The van der Waals surface area contributed by atoms with Gasteiger partial charge in [0.15, 0.2) is 11.4 Å². The molecule has 21 heavy (non-hydrogen) atoms. The highest BCUT2D eigenvalue weighted by atomic mass is 79.9. The molecule has 112 valence electrons. The predicted molar refractivity (Wildman–Crippen MR) is 84.9 cm³/mol. The summed E-state index contributed by atoms with van der Waals surface area (Å²) < 4.78 is 7.74. The number of halogens is 1. The normalized spacial score (nSPS) is 10.9. The fourth-order valence-electron chi connectivity index (χ4n) is 1.98. The number of aromatic nitrogens is 2. The van der Waals surface area contributed by atoms with Crippen molar-refractivity contribution in [2.45, 2.75) is 6.54 Å². The quantitative estimate of drug-likeness (QED) is 0.750. The van der Waals surface area contributed by atoms with Crippen LogP contribution in [0.25, 0.3) is 0 Å². The number of likely N-dealkylation sites (N-methyl/N-ethyl adjacent to an activating group) is 1. The molecule has 0 radical (unpaired) electrons. The molecule has 1 heterocycles. The summed E-state index contributed by atoms with van der Waals surface area (Å²) >= 11 is 3.42. The molecule has 2 aromatic rings. The minimum atomic E-state index is -0.101. The third kappa shape index (κ3) is 3.51. The van der Waals surface area contributed by atoms with E-state index in [0.717, 1.165) is 11.0 Å². The van der Waals surface area contributed by atoms with Crippen molar-refractivity contribution in [2.24, 2.45) is 0 Å². The number of ether oxygens (including phenoxy) is 1. The van der Waals surface area contributed by atoms with Crippen molar-refractivity contribution in [3.8, 4) is 5.75 Å². The van der Waals surface area contributed by atoms with Gasteiger partial charge in [-0.05, 0) is 26.2 Å². The van der Waals surface area contributed by atoms with Gasteiger partial charge in [0.1, 0.15) is 0 Å². The van der Waals surface area contributed by atoms with Crippen LogP contribution in [0.3, 0.4) is 0 Å². The summed E-state index contributed by atoms with van der Waals surface area (Å²) in [5.41, 5.74) is 1.08. The third-order valence-corrected chi connectivity index (χ3v) is 3.81. The number of benzene rings is 1. The summed E-state index contributed by atoms with van der Waals surface area (Å²) in [5, 5.41) is 4.26. The first-order chi connectivity index (χ1) is 10.0. The van der Waals surface area contributed by atoms with Gasteiger partial charge in [0.05, 0.1) is 19.9 Å². The molecule has 0 aliphatic carbocycles. The molecular weight excluding hydrogens is 334 g/mol. The van der Waals surface area contributed by atoms with Gasteiger partial charge in [-0.3, -0.25) is 9.48 Å². The van der Waals surface area contributed by atoms with Crippen molar-refractivity contribution >= 4 is 21.7 Å². The smallest absolute Gasteiger partial charge is 0.215 e. The standard InChI is InChI=1S/C15H18BrN3O2/c1-18(2)8-9-19-14(13(21-3)10-17-19)15(20)11-6-4-5-7-12(11)16/h4-7,10H,8-9H2,1-3H3. The van der Waals surface area contributed by atoms with Crippen LogP contribution in [0.4, 0.5) is 0 Å². The lowest BCUT2D eigenvalue weighted by Crippen LogP contribution is -2.22. The fraction of sp³-hybridized carbons (Fsp3) is 0.333. The van der Waals surface area contributed by atoms with Crippen molar-refractivity contribution in [3.63, 3.8) is 0 Å². The zero-order valence-electron chi connectivity index (χ0n) is 12.3. The molecule has 0 bridgehead atoms. The number of ketones is 1. The Bertz CT molecular complexity index is 638. The number of carbonyl (C=O) groups is 1. The third-order valence-electron chi connectivity index (χ3n) is 3.12. The molecule has 1 aromatic carbocycles. The second kappa shape index (κ2) is 6.87. The topological polar surface area (TPSA) is 47.4 Å². The van der Waals surface area contributed by atoms with E-state index in [1.807, 2.05) is 37.2 Å². The number of methoxy groups -OCH3 is 1. The lowest BCUT2D eigenvalue weighted by atomic mass is 10.1. The summed E-state index contributed by atoms with van der Waals surface area (Å²) in [4.78, 5) is 14.8. The minimum Gasteiger partial charge on any atom is -0.493 e. The van der Waals surface area contributed by atoms with E-state index in [0.29, 0.717) is 23.6 Å². The highest BCUT2D eigenvalue weighted by Gasteiger charge is 2.22. The molecule has 5 nitrogen and oxygen atoms in total. The lowest BCUT2D eigenvalue weighted by molar-refractivity contribution is 0.102. The van der Waals surface area contributed by atoms with Crippen molar-refractivity contribution in [2.75, 3.05) is 27.7 Å². The van der Waals surface area contributed by atoms with E-state index in [1.165, 1.54) is 0 Å². The van der Waals surface area contributed by atoms with Crippen LogP contribution in [-0.2, 0) is 6.54 Å². The number of hydrogen-bond donors (Lipinski definition) is 0. The van der Waals surface area contributed by atoms with Crippen molar-refractivity contribution in [3.05, 3.63) is 46.2 Å². The number of nitrogens with zero attached hydrogens (tertiary/aromatic N) is 3. The van der Waals surface area contributed by atoms with E-state index in [4.69, 9.17) is 4.74 Å². The largest absolute Gasteiger partial charge is 0.493 e. The maximum atomic E-state index is 12.8. The average molecular weight is 352 g/mol. The van der Waals surface area contributed by atoms with Gasteiger partial charge < -0.3 is 9.64 Å². The number of hydrogen-bond acceptors (Lipinski definition) is 4.